The smallest absolute Gasteiger partial charge is 0.263 e. The van der Waals surface area contributed by atoms with Crippen LogP contribution < -0.4 is 4.31 Å². The summed E-state index contributed by atoms with van der Waals surface area (Å²) < 4.78 is 40.7. The summed E-state index contributed by atoms with van der Waals surface area (Å²) in [5.74, 6) is -0.383. The fraction of sp³-hybridized carbons (Fsp3) is 0.267. The summed E-state index contributed by atoms with van der Waals surface area (Å²) in [6.45, 7) is 1.81. The minimum atomic E-state index is -3.87. The minimum absolute atomic E-state index is 0.0415. The van der Waals surface area contributed by atoms with Crippen LogP contribution in [0.3, 0.4) is 0 Å². The minimum Gasteiger partial charge on any atom is -0.263 e. The third kappa shape index (κ3) is 2.91. The third-order valence-corrected chi connectivity index (χ3v) is 6.42. The third-order valence-electron chi connectivity index (χ3n) is 3.84. The van der Waals surface area contributed by atoms with Crippen molar-refractivity contribution in [2.75, 3.05) is 4.31 Å². The molecule has 1 unspecified atom stereocenters. The molecule has 0 spiro atoms. The Hall–Kier alpha value is -1.37. The Kier molecular flexibility index (Phi) is 4.25. The van der Waals surface area contributed by atoms with Gasteiger partial charge in [0.25, 0.3) is 10.0 Å². The van der Waals surface area contributed by atoms with Crippen molar-refractivity contribution in [3.05, 3.63) is 52.0 Å². The van der Waals surface area contributed by atoms with Gasteiger partial charge in [-0.05, 0) is 49.6 Å². The van der Waals surface area contributed by atoms with Crippen molar-refractivity contribution in [1.82, 2.24) is 4.98 Å². The average Bonchev–Trinajstić information content (AvgIpc) is 2.49. The molecule has 23 heavy (non-hydrogen) atoms. The van der Waals surface area contributed by atoms with Crippen LogP contribution in [0.25, 0.3) is 0 Å². The number of aromatic nitrogens is 1. The zero-order valence-corrected chi connectivity index (χ0v) is 14.5. The Labute approximate surface area is 143 Å². The van der Waals surface area contributed by atoms with Gasteiger partial charge in [0, 0.05) is 12.2 Å². The second kappa shape index (κ2) is 5.92. The lowest BCUT2D eigenvalue weighted by Gasteiger charge is -2.35. The van der Waals surface area contributed by atoms with E-state index in [4.69, 9.17) is 23.2 Å². The number of benzene rings is 1. The molecule has 1 aliphatic rings. The van der Waals surface area contributed by atoms with E-state index >= 15 is 0 Å². The molecule has 0 fully saturated rings. The van der Waals surface area contributed by atoms with Crippen LogP contribution in [-0.2, 0) is 16.4 Å². The molecule has 4 nitrogen and oxygen atoms in total. The zero-order chi connectivity index (χ0) is 16.8. The molecule has 0 N–H and O–H groups in total. The largest absolute Gasteiger partial charge is 0.266 e. The van der Waals surface area contributed by atoms with Gasteiger partial charge >= 0.3 is 0 Å². The van der Waals surface area contributed by atoms with E-state index in [0.717, 1.165) is 0 Å². The Balaban J connectivity index is 2.14. The van der Waals surface area contributed by atoms with E-state index < -0.39 is 10.0 Å². The zero-order valence-electron chi connectivity index (χ0n) is 12.1. The first kappa shape index (κ1) is 16.5. The van der Waals surface area contributed by atoms with E-state index in [0.29, 0.717) is 24.1 Å². The molecule has 3 rings (SSSR count). The summed E-state index contributed by atoms with van der Waals surface area (Å²) in [6, 6.07) is 5.13. The number of sulfonamides is 1. The molecular weight excluding hydrogens is 362 g/mol. The van der Waals surface area contributed by atoms with Gasteiger partial charge in [0.15, 0.2) is 0 Å². The van der Waals surface area contributed by atoms with E-state index in [2.05, 4.69) is 4.98 Å². The van der Waals surface area contributed by atoms with Crippen LogP contribution in [-0.4, -0.2) is 19.4 Å². The first-order valence-electron chi connectivity index (χ1n) is 6.94. The van der Waals surface area contributed by atoms with E-state index in [1.165, 1.54) is 34.8 Å². The maximum absolute atomic E-state index is 13.4. The lowest BCUT2D eigenvalue weighted by atomic mass is 9.99. The fourth-order valence-electron chi connectivity index (χ4n) is 2.71. The number of halogens is 3. The molecule has 0 saturated carbocycles. The normalized spacial score (nSPS) is 17.9. The summed E-state index contributed by atoms with van der Waals surface area (Å²) in [6.07, 6.45) is 2.40. The van der Waals surface area contributed by atoms with E-state index in [-0.39, 0.29) is 26.9 Å². The van der Waals surface area contributed by atoms with Crippen LogP contribution >= 0.6 is 23.2 Å². The molecule has 1 aliphatic heterocycles. The Morgan fingerprint density at radius 2 is 2.04 bits per heavy atom. The molecule has 0 bridgehead atoms. The predicted octanol–water partition coefficient (Wildman–Crippen LogP) is 4.06. The van der Waals surface area contributed by atoms with Gasteiger partial charge in [-0.15, -0.1) is 0 Å². The van der Waals surface area contributed by atoms with Gasteiger partial charge in [-0.2, -0.15) is 0 Å². The maximum Gasteiger partial charge on any atom is 0.266 e. The van der Waals surface area contributed by atoms with Crippen LogP contribution in [0.1, 0.15) is 18.9 Å². The summed E-state index contributed by atoms with van der Waals surface area (Å²) in [5.41, 5.74) is 1.15. The summed E-state index contributed by atoms with van der Waals surface area (Å²) in [7, 11) is -3.87. The SMILES string of the molecule is CC1CCc2cc(F)ccc2N1S(=O)(=O)c1cnc(Cl)c(Cl)c1. The molecule has 1 aromatic carbocycles. The predicted molar refractivity (Wildman–Crippen MR) is 88.1 cm³/mol. The molecule has 1 aromatic heterocycles. The van der Waals surface area contributed by atoms with Crippen LogP contribution in [0.2, 0.25) is 10.2 Å². The highest BCUT2D eigenvalue weighted by Crippen LogP contribution is 2.36. The Morgan fingerprint density at radius 3 is 2.74 bits per heavy atom. The summed E-state index contributed by atoms with van der Waals surface area (Å²) in [5, 5.41) is 0.108. The molecule has 2 aromatic rings. The van der Waals surface area contributed by atoms with Gasteiger partial charge in [-0.1, -0.05) is 23.2 Å². The first-order chi connectivity index (χ1) is 10.8. The van der Waals surface area contributed by atoms with Crippen molar-refractivity contribution >= 4 is 38.9 Å². The lowest BCUT2D eigenvalue weighted by molar-refractivity contribution is 0.560. The van der Waals surface area contributed by atoms with E-state index in [9.17, 15) is 12.8 Å². The molecule has 1 atom stereocenters. The molecule has 122 valence electrons. The highest BCUT2D eigenvalue weighted by Gasteiger charge is 2.34. The van der Waals surface area contributed by atoms with Gasteiger partial charge in [-0.25, -0.2) is 17.8 Å². The highest BCUT2D eigenvalue weighted by molar-refractivity contribution is 7.92. The second-order valence-electron chi connectivity index (χ2n) is 5.41. The standard InChI is InChI=1S/C15H13Cl2FN2O2S/c1-9-2-3-10-6-11(18)4-5-14(10)20(9)23(21,22)12-7-13(16)15(17)19-8-12/h4-9H,2-3H2,1H3. The molecule has 2 heterocycles. The van der Waals surface area contributed by atoms with Crippen LogP contribution in [0.15, 0.2) is 35.4 Å². The number of nitrogens with zero attached hydrogens (tertiary/aromatic N) is 2. The van der Waals surface area contributed by atoms with Crippen LogP contribution in [0.4, 0.5) is 10.1 Å². The fourth-order valence-corrected chi connectivity index (χ4v) is 4.74. The molecule has 0 saturated heterocycles. The molecular formula is C15H13Cl2FN2O2S. The van der Waals surface area contributed by atoms with Gasteiger partial charge in [0.2, 0.25) is 0 Å². The number of aryl methyl sites for hydroxylation is 1. The van der Waals surface area contributed by atoms with Crippen molar-refractivity contribution in [3.63, 3.8) is 0 Å². The molecule has 0 amide bonds. The average molecular weight is 375 g/mol. The van der Waals surface area contributed by atoms with Crippen LogP contribution in [0.5, 0.6) is 0 Å². The monoisotopic (exact) mass is 374 g/mol. The lowest BCUT2D eigenvalue weighted by Crippen LogP contribution is -2.42. The Morgan fingerprint density at radius 1 is 1.30 bits per heavy atom. The topological polar surface area (TPSA) is 50.3 Å². The van der Waals surface area contributed by atoms with Gasteiger partial charge in [0.05, 0.1) is 10.7 Å². The molecule has 8 heteroatoms. The number of hydrogen-bond donors (Lipinski definition) is 0. The van der Waals surface area contributed by atoms with Crippen molar-refractivity contribution in [2.24, 2.45) is 0 Å². The van der Waals surface area contributed by atoms with Crippen molar-refractivity contribution < 1.29 is 12.8 Å². The molecule has 0 radical (unpaired) electrons. The summed E-state index contributed by atoms with van der Waals surface area (Å²) >= 11 is 11.6. The maximum atomic E-state index is 13.4. The number of fused-ring (bicyclic) bond motifs is 1. The van der Waals surface area contributed by atoms with Crippen molar-refractivity contribution in [3.8, 4) is 0 Å². The number of rotatable bonds is 2. The quantitative estimate of drug-likeness (QED) is 0.744. The number of hydrogen-bond acceptors (Lipinski definition) is 3. The second-order valence-corrected chi connectivity index (χ2v) is 7.99. The van der Waals surface area contributed by atoms with Crippen LogP contribution in [0, 0.1) is 5.82 Å². The van der Waals surface area contributed by atoms with E-state index in [1.807, 2.05) is 6.92 Å². The number of anilines is 1. The van der Waals surface area contributed by atoms with E-state index in [1.54, 1.807) is 0 Å². The number of pyridine rings is 1. The van der Waals surface area contributed by atoms with Gasteiger partial charge in [0.1, 0.15) is 15.9 Å². The first-order valence-corrected chi connectivity index (χ1v) is 9.14. The van der Waals surface area contributed by atoms with Crippen molar-refractivity contribution in [1.29, 1.82) is 0 Å². The summed E-state index contributed by atoms with van der Waals surface area (Å²) in [4.78, 5) is 3.76. The highest BCUT2D eigenvalue weighted by atomic mass is 35.5. The van der Waals surface area contributed by atoms with Gasteiger partial charge in [-0.3, -0.25) is 4.31 Å². The molecule has 0 aliphatic carbocycles. The Bertz CT molecular complexity index is 874. The van der Waals surface area contributed by atoms with Crippen molar-refractivity contribution in [2.45, 2.75) is 30.7 Å². The van der Waals surface area contributed by atoms with Gasteiger partial charge < -0.3 is 0 Å².